The number of benzene rings is 1. The molecule has 0 spiro atoms. The van der Waals surface area contributed by atoms with Gasteiger partial charge in [-0.1, -0.05) is 24.6 Å². The minimum absolute atomic E-state index is 0.397. The van der Waals surface area contributed by atoms with Gasteiger partial charge in [0, 0.05) is 28.2 Å². The van der Waals surface area contributed by atoms with E-state index >= 15 is 0 Å². The van der Waals surface area contributed by atoms with Gasteiger partial charge in [-0.05, 0) is 37.3 Å². The lowest BCUT2D eigenvalue weighted by Gasteiger charge is -2.28. The third-order valence-electron chi connectivity index (χ3n) is 4.01. The van der Waals surface area contributed by atoms with E-state index in [1.54, 1.807) is 0 Å². The van der Waals surface area contributed by atoms with E-state index in [2.05, 4.69) is 11.1 Å². The third-order valence-corrected chi connectivity index (χ3v) is 4.01. The highest BCUT2D eigenvalue weighted by molar-refractivity contribution is 6.00. The second-order valence-corrected chi connectivity index (χ2v) is 5.24. The van der Waals surface area contributed by atoms with Crippen LogP contribution in [0.3, 0.4) is 0 Å². The molecule has 0 bridgehead atoms. The molecule has 0 atom stereocenters. The summed E-state index contributed by atoms with van der Waals surface area (Å²) in [6.45, 7) is 2.02. The van der Waals surface area contributed by atoms with Crippen molar-refractivity contribution in [1.82, 2.24) is 4.98 Å². The van der Waals surface area contributed by atoms with Gasteiger partial charge in [0.05, 0.1) is 0 Å². The molecule has 1 saturated carbocycles. The summed E-state index contributed by atoms with van der Waals surface area (Å²) in [5.41, 5.74) is 4.20. The molecule has 1 aliphatic rings. The molecule has 2 aromatic rings. The highest BCUT2D eigenvalue weighted by atomic mass is 16.4. The van der Waals surface area contributed by atoms with E-state index in [0.29, 0.717) is 5.92 Å². The van der Waals surface area contributed by atoms with Crippen LogP contribution < -0.4 is 0 Å². The van der Waals surface area contributed by atoms with Gasteiger partial charge >= 0.3 is 5.97 Å². The molecular weight excluding hydrogens is 238 g/mol. The van der Waals surface area contributed by atoms with Gasteiger partial charge in [-0.15, -0.1) is 0 Å². The van der Waals surface area contributed by atoms with Crippen LogP contribution in [0.2, 0.25) is 0 Å². The number of allylic oxidation sites excluding steroid dienone is 1. The molecular formula is C16H17NO2. The first-order chi connectivity index (χ1) is 9.16. The lowest BCUT2D eigenvalue weighted by atomic mass is 9.76. The van der Waals surface area contributed by atoms with Crippen LogP contribution in [0.1, 0.15) is 30.5 Å². The number of H-pyrrole nitrogens is 1. The summed E-state index contributed by atoms with van der Waals surface area (Å²) >= 11 is 0. The van der Waals surface area contributed by atoms with E-state index in [1.165, 1.54) is 12.5 Å². The number of rotatable bonds is 3. The average Bonchev–Trinajstić information content (AvgIpc) is 2.61. The van der Waals surface area contributed by atoms with Crippen molar-refractivity contribution in [2.45, 2.75) is 26.2 Å². The van der Waals surface area contributed by atoms with Crippen LogP contribution >= 0.6 is 0 Å². The fraction of sp³-hybridized carbons (Fsp3) is 0.312. The SMILES string of the molecule is Cc1[nH]c2ccccc2c1/C(=C/C(=O)O)C1CCC1. The van der Waals surface area contributed by atoms with Crippen molar-refractivity contribution in [3.05, 3.63) is 41.6 Å². The first-order valence-corrected chi connectivity index (χ1v) is 6.69. The zero-order valence-corrected chi connectivity index (χ0v) is 10.9. The Kier molecular flexibility index (Phi) is 2.90. The number of carboxylic acid groups (broad SMARTS) is 1. The molecule has 0 amide bonds. The molecule has 3 rings (SSSR count). The van der Waals surface area contributed by atoms with Gasteiger partial charge in [0.2, 0.25) is 0 Å². The van der Waals surface area contributed by atoms with Crippen molar-refractivity contribution in [2.75, 3.05) is 0 Å². The Morgan fingerprint density at radius 1 is 1.37 bits per heavy atom. The standard InChI is InChI=1S/C16H17NO2/c1-10-16(12-7-2-3-8-14(12)17-10)13(9-15(18)19)11-5-4-6-11/h2-3,7-9,11,17H,4-6H2,1H3,(H,18,19)/b13-9+. The number of carboxylic acids is 1. The number of aryl methyl sites for hydroxylation is 1. The largest absolute Gasteiger partial charge is 0.478 e. The first-order valence-electron chi connectivity index (χ1n) is 6.69. The summed E-state index contributed by atoms with van der Waals surface area (Å²) in [6, 6.07) is 8.08. The Balaban J connectivity index is 2.19. The summed E-state index contributed by atoms with van der Waals surface area (Å²) in [7, 11) is 0. The van der Waals surface area contributed by atoms with Crippen LogP contribution in [-0.2, 0) is 4.79 Å². The quantitative estimate of drug-likeness (QED) is 0.821. The molecule has 3 heteroatoms. The summed E-state index contributed by atoms with van der Waals surface area (Å²) in [5, 5.41) is 10.3. The maximum absolute atomic E-state index is 11.1. The smallest absolute Gasteiger partial charge is 0.328 e. The molecule has 1 heterocycles. The van der Waals surface area contributed by atoms with E-state index in [4.69, 9.17) is 5.11 Å². The van der Waals surface area contributed by atoms with E-state index in [-0.39, 0.29) is 0 Å². The number of aliphatic carboxylic acids is 1. The molecule has 19 heavy (non-hydrogen) atoms. The number of hydrogen-bond acceptors (Lipinski definition) is 1. The predicted octanol–water partition coefficient (Wildman–Crippen LogP) is 3.74. The van der Waals surface area contributed by atoms with Crippen molar-refractivity contribution in [3.8, 4) is 0 Å². The summed E-state index contributed by atoms with van der Waals surface area (Å²) < 4.78 is 0. The molecule has 1 aliphatic carbocycles. The number of hydrogen-bond donors (Lipinski definition) is 2. The van der Waals surface area contributed by atoms with Gasteiger partial charge in [-0.25, -0.2) is 4.79 Å². The molecule has 0 aliphatic heterocycles. The minimum atomic E-state index is -0.855. The van der Waals surface area contributed by atoms with Gasteiger partial charge in [-0.3, -0.25) is 0 Å². The number of fused-ring (bicyclic) bond motifs is 1. The maximum Gasteiger partial charge on any atom is 0.328 e. The fourth-order valence-electron chi connectivity index (χ4n) is 2.90. The second-order valence-electron chi connectivity index (χ2n) is 5.24. The normalized spacial score (nSPS) is 16.6. The number of para-hydroxylation sites is 1. The molecule has 0 radical (unpaired) electrons. The zero-order chi connectivity index (χ0) is 13.4. The van der Waals surface area contributed by atoms with Gasteiger partial charge in [0.15, 0.2) is 0 Å². The van der Waals surface area contributed by atoms with Crippen LogP contribution in [0.5, 0.6) is 0 Å². The van der Waals surface area contributed by atoms with E-state index in [9.17, 15) is 4.79 Å². The summed E-state index contributed by atoms with van der Waals surface area (Å²) in [4.78, 5) is 14.5. The van der Waals surface area contributed by atoms with Crippen molar-refractivity contribution < 1.29 is 9.90 Å². The third kappa shape index (κ3) is 2.05. The van der Waals surface area contributed by atoms with Crippen LogP contribution in [0.4, 0.5) is 0 Å². The predicted molar refractivity (Wildman–Crippen MR) is 76.0 cm³/mol. The topological polar surface area (TPSA) is 53.1 Å². The Morgan fingerprint density at radius 3 is 2.74 bits per heavy atom. The maximum atomic E-state index is 11.1. The minimum Gasteiger partial charge on any atom is -0.478 e. The van der Waals surface area contributed by atoms with Gasteiger partial charge in [-0.2, -0.15) is 0 Å². The fourth-order valence-corrected chi connectivity index (χ4v) is 2.90. The Hall–Kier alpha value is -2.03. The Morgan fingerprint density at radius 2 is 2.11 bits per heavy atom. The molecule has 2 N–H and O–H groups in total. The highest BCUT2D eigenvalue weighted by Gasteiger charge is 2.26. The molecule has 3 nitrogen and oxygen atoms in total. The first kappa shape index (κ1) is 12.0. The molecule has 1 aromatic carbocycles. The molecule has 1 aromatic heterocycles. The lowest BCUT2D eigenvalue weighted by molar-refractivity contribution is -0.131. The number of aromatic nitrogens is 1. The number of nitrogens with one attached hydrogen (secondary N) is 1. The zero-order valence-electron chi connectivity index (χ0n) is 10.9. The average molecular weight is 255 g/mol. The van der Waals surface area contributed by atoms with Crippen LogP contribution in [0, 0.1) is 12.8 Å². The molecule has 0 unspecified atom stereocenters. The van der Waals surface area contributed by atoms with Crippen LogP contribution in [0.25, 0.3) is 16.5 Å². The summed E-state index contributed by atoms with van der Waals surface area (Å²) in [5.74, 6) is -0.458. The second kappa shape index (κ2) is 4.57. The van der Waals surface area contributed by atoms with Crippen LogP contribution in [0.15, 0.2) is 30.3 Å². The van der Waals surface area contributed by atoms with E-state index in [1.807, 2.05) is 25.1 Å². The Labute approximate surface area is 112 Å². The number of carbonyl (C=O) groups is 1. The van der Waals surface area contributed by atoms with Crippen molar-refractivity contribution in [2.24, 2.45) is 5.92 Å². The number of aromatic amines is 1. The van der Waals surface area contributed by atoms with Crippen molar-refractivity contribution >= 4 is 22.4 Å². The lowest BCUT2D eigenvalue weighted by Crippen LogP contribution is -2.14. The summed E-state index contributed by atoms with van der Waals surface area (Å²) in [6.07, 6.45) is 4.78. The molecule has 0 saturated heterocycles. The highest BCUT2D eigenvalue weighted by Crippen LogP contribution is 2.42. The Bertz CT molecular complexity index is 662. The molecule has 98 valence electrons. The van der Waals surface area contributed by atoms with Gasteiger partial charge in [0.25, 0.3) is 0 Å². The van der Waals surface area contributed by atoms with E-state index in [0.717, 1.165) is 40.6 Å². The monoisotopic (exact) mass is 255 g/mol. The van der Waals surface area contributed by atoms with Crippen molar-refractivity contribution in [3.63, 3.8) is 0 Å². The molecule has 1 fully saturated rings. The van der Waals surface area contributed by atoms with Crippen molar-refractivity contribution in [1.29, 1.82) is 0 Å². The van der Waals surface area contributed by atoms with Gasteiger partial charge in [0.1, 0.15) is 0 Å². The van der Waals surface area contributed by atoms with E-state index < -0.39 is 5.97 Å². The van der Waals surface area contributed by atoms with Crippen LogP contribution in [-0.4, -0.2) is 16.1 Å². The van der Waals surface area contributed by atoms with Gasteiger partial charge < -0.3 is 10.1 Å².